The van der Waals surface area contributed by atoms with Crippen LogP contribution < -0.4 is 18.9 Å². The van der Waals surface area contributed by atoms with Gasteiger partial charge in [0, 0.05) is 29.8 Å². The van der Waals surface area contributed by atoms with E-state index in [0.717, 1.165) is 52.7 Å². The van der Waals surface area contributed by atoms with E-state index in [-0.39, 0.29) is 29.6 Å². The molecule has 0 spiro atoms. The van der Waals surface area contributed by atoms with Crippen LogP contribution in [0.4, 0.5) is 0 Å². The monoisotopic (exact) mass is 826 g/mol. The van der Waals surface area contributed by atoms with Crippen LogP contribution in [0.15, 0.2) is 127 Å². The molecule has 1 amide bonds. The summed E-state index contributed by atoms with van der Waals surface area (Å²) in [6.45, 7) is 6.72. The predicted molar refractivity (Wildman–Crippen MR) is 248 cm³/mol. The minimum absolute atomic E-state index is 0.0105. The van der Waals surface area contributed by atoms with Crippen LogP contribution in [0.5, 0.6) is 23.0 Å². The highest BCUT2D eigenvalue weighted by Gasteiger charge is 2.31. The minimum Gasteiger partial charge on any atom is -0.493 e. The molecule has 3 unspecified atom stereocenters. The van der Waals surface area contributed by atoms with E-state index in [1.165, 1.54) is 16.7 Å². The Hall–Kier alpha value is -6.67. The van der Waals surface area contributed by atoms with E-state index in [2.05, 4.69) is 62.4 Å². The maximum atomic E-state index is 14.2. The fraction of sp³-hybridized carbons (Fsp3) is 0.278. The first kappa shape index (κ1) is 42.0. The number of nitrogens with one attached hydrogen (secondary N) is 1. The molecular formula is C54H54N2O6. The van der Waals surface area contributed by atoms with Gasteiger partial charge in [-0.25, -0.2) is 0 Å². The molecule has 8 heteroatoms. The second kappa shape index (κ2) is 18.5. The van der Waals surface area contributed by atoms with Crippen LogP contribution in [0.1, 0.15) is 106 Å². The number of carbonyl (C=O) groups excluding carboxylic acids is 2. The van der Waals surface area contributed by atoms with Crippen LogP contribution in [-0.4, -0.2) is 55.8 Å². The number of aryl methyl sites for hydroxylation is 1. The van der Waals surface area contributed by atoms with Gasteiger partial charge in [-0.1, -0.05) is 109 Å². The lowest BCUT2D eigenvalue weighted by Gasteiger charge is -2.26. The molecule has 4 aromatic rings. The van der Waals surface area contributed by atoms with Crippen LogP contribution in [0, 0.1) is 18.3 Å². The van der Waals surface area contributed by atoms with Gasteiger partial charge in [0.15, 0.2) is 28.8 Å². The van der Waals surface area contributed by atoms with Gasteiger partial charge in [0.1, 0.15) is 0 Å². The molecule has 1 N–H and O–H groups in total. The van der Waals surface area contributed by atoms with Gasteiger partial charge in [-0.2, -0.15) is 0 Å². The van der Waals surface area contributed by atoms with Crippen LogP contribution in [0.2, 0.25) is 0 Å². The zero-order valence-corrected chi connectivity index (χ0v) is 36.2. The maximum Gasteiger partial charge on any atom is 0.259 e. The average molecular weight is 827 g/mol. The number of nitrogens with zero attached hydrogens (tertiary/aromatic N) is 1. The van der Waals surface area contributed by atoms with Crippen LogP contribution in [-0.2, 0) is 0 Å². The second-order valence-electron chi connectivity index (χ2n) is 16.6. The third kappa shape index (κ3) is 9.01. The van der Waals surface area contributed by atoms with Crippen molar-refractivity contribution in [2.75, 3.05) is 27.4 Å². The van der Waals surface area contributed by atoms with Crippen LogP contribution in [0.25, 0.3) is 17.2 Å². The van der Waals surface area contributed by atoms with E-state index in [1.54, 1.807) is 32.1 Å². The zero-order valence-electron chi connectivity index (χ0n) is 36.2. The molecule has 4 aliphatic rings. The Bertz CT molecular complexity index is 2570. The van der Waals surface area contributed by atoms with Crippen molar-refractivity contribution in [2.45, 2.75) is 64.8 Å². The van der Waals surface area contributed by atoms with E-state index < -0.39 is 0 Å². The molecule has 2 aliphatic carbocycles. The van der Waals surface area contributed by atoms with Crippen molar-refractivity contribution < 1.29 is 28.5 Å². The summed E-state index contributed by atoms with van der Waals surface area (Å²) in [7, 11) is 3.18. The number of allylic oxidation sites excluding steroid dienone is 8. The van der Waals surface area contributed by atoms with Gasteiger partial charge in [0.2, 0.25) is 0 Å². The zero-order chi connectivity index (χ0) is 43.3. The number of methoxy groups -OCH3 is 2. The molecule has 2 aliphatic heterocycles. The average Bonchev–Trinajstić information content (AvgIpc) is 3.73. The topological polar surface area (TPSA) is 98.2 Å². The molecular weight excluding hydrogens is 773 g/mol. The normalized spacial score (nSPS) is 20.7. The number of hydrogen-bond acceptors (Lipinski definition) is 7. The highest BCUT2D eigenvalue weighted by molar-refractivity contribution is 6.07. The molecule has 3 atom stereocenters. The lowest BCUT2D eigenvalue weighted by Crippen LogP contribution is -2.31. The summed E-state index contributed by atoms with van der Waals surface area (Å²) < 4.78 is 24.1. The number of rotatable bonds is 11. The molecule has 8 rings (SSSR count). The molecule has 0 aromatic heterocycles. The number of fused-ring (bicyclic) bond motifs is 4. The standard InChI is InChI=1S/C54H54N2O6/c1-34-14-16-38(17-15-34)41-22-23-42-28-49(57)48-32-51(60-5)53(30-46(48)35(2)10-8-12-40(42)26-41)62-25-9-24-61-52-29-43-11-6-7-13-45-27-44(39-20-18-37(19-21-39)36(3)55)33-56(45)54(58)47(43)31-50(52)59-4/h6-8,11-22,28-33,35,40,45,55H,9-10,23-27H2,1-5H3/b11-6?,12-8+,13-7?,42-28-,55-36?. The molecule has 0 radical (unpaired) electrons. The second-order valence-corrected chi connectivity index (χ2v) is 16.6. The van der Waals surface area contributed by atoms with Gasteiger partial charge in [0.25, 0.3) is 5.91 Å². The van der Waals surface area contributed by atoms with E-state index in [1.807, 2.05) is 73.0 Å². The first-order chi connectivity index (χ1) is 30.1. The molecule has 0 saturated heterocycles. The van der Waals surface area contributed by atoms with Gasteiger partial charge in [-0.15, -0.1) is 0 Å². The van der Waals surface area contributed by atoms with Crippen molar-refractivity contribution >= 4 is 34.6 Å². The summed E-state index contributed by atoms with van der Waals surface area (Å²) in [6, 6.07) is 23.9. The van der Waals surface area contributed by atoms with Crippen molar-refractivity contribution in [3.63, 3.8) is 0 Å². The number of ether oxygens (including phenoxy) is 4. The van der Waals surface area contributed by atoms with Crippen LogP contribution in [0.3, 0.4) is 0 Å². The maximum absolute atomic E-state index is 14.2. The van der Waals surface area contributed by atoms with E-state index in [0.29, 0.717) is 65.9 Å². The molecule has 2 heterocycles. The van der Waals surface area contributed by atoms with Gasteiger partial charge >= 0.3 is 0 Å². The summed E-state index contributed by atoms with van der Waals surface area (Å²) in [5.74, 6) is 2.23. The number of benzene rings is 4. The van der Waals surface area contributed by atoms with Crippen molar-refractivity contribution in [1.82, 2.24) is 4.90 Å². The number of hydrogen-bond donors (Lipinski definition) is 1. The fourth-order valence-electron chi connectivity index (χ4n) is 8.72. The van der Waals surface area contributed by atoms with Gasteiger partial charge in [-0.05, 0) is 115 Å². The van der Waals surface area contributed by atoms with E-state index in [9.17, 15) is 9.59 Å². The minimum atomic E-state index is -0.130. The third-order valence-electron chi connectivity index (χ3n) is 12.3. The Kier molecular flexibility index (Phi) is 12.6. The Balaban J connectivity index is 0.939. The summed E-state index contributed by atoms with van der Waals surface area (Å²) in [4.78, 5) is 30.0. The first-order valence-corrected chi connectivity index (χ1v) is 21.5. The number of ketones is 1. The molecule has 0 fully saturated rings. The Morgan fingerprint density at radius 2 is 1.47 bits per heavy atom. The molecule has 62 heavy (non-hydrogen) atoms. The smallest absolute Gasteiger partial charge is 0.259 e. The predicted octanol–water partition coefficient (Wildman–Crippen LogP) is 11.8. The van der Waals surface area contributed by atoms with Gasteiger partial charge < -0.3 is 29.3 Å². The lowest BCUT2D eigenvalue weighted by molar-refractivity contribution is 0.0805. The van der Waals surface area contributed by atoms with Crippen molar-refractivity contribution in [3.05, 3.63) is 172 Å². The molecule has 0 saturated carbocycles. The Labute approximate surface area is 365 Å². The number of amides is 1. The highest BCUT2D eigenvalue weighted by Crippen LogP contribution is 2.41. The van der Waals surface area contributed by atoms with E-state index >= 15 is 0 Å². The fourth-order valence-corrected chi connectivity index (χ4v) is 8.72. The molecule has 316 valence electrons. The SMILES string of the molecule is COc1cc2c(cc1OCCCOc1cc3c(cc1OC)C(=O)/C=C1/CC=C(c4ccc(C)cc4)CC1/C=C/CC3C)C=CC=CC1CC(c3ccc(C(C)=N)cc3)=CN1C2=O. The highest BCUT2D eigenvalue weighted by atomic mass is 16.5. The van der Waals surface area contributed by atoms with Crippen molar-refractivity contribution in [2.24, 2.45) is 5.92 Å². The van der Waals surface area contributed by atoms with Gasteiger partial charge in [0.05, 0.1) is 39.0 Å². The molecule has 4 aromatic carbocycles. The Morgan fingerprint density at radius 3 is 2.18 bits per heavy atom. The number of carbonyl (C=O) groups is 2. The summed E-state index contributed by atoms with van der Waals surface area (Å²) >= 11 is 0. The lowest BCUT2D eigenvalue weighted by atomic mass is 9.79. The summed E-state index contributed by atoms with van der Waals surface area (Å²) in [5, 5.41) is 7.94. The van der Waals surface area contributed by atoms with Crippen molar-refractivity contribution in [1.29, 1.82) is 5.41 Å². The van der Waals surface area contributed by atoms with E-state index in [4.69, 9.17) is 24.4 Å². The van der Waals surface area contributed by atoms with Gasteiger partial charge in [-0.3, -0.25) is 9.59 Å². The first-order valence-electron chi connectivity index (χ1n) is 21.5. The molecule has 0 bridgehead atoms. The quantitative estimate of drug-likeness (QED) is 0.0919. The Morgan fingerprint density at radius 1 is 0.790 bits per heavy atom. The molecule has 8 nitrogen and oxygen atoms in total. The van der Waals surface area contributed by atoms with Crippen LogP contribution >= 0.6 is 0 Å². The van der Waals surface area contributed by atoms with Crippen molar-refractivity contribution in [3.8, 4) is 23.0 Å². The third-order valence-corrected chi connectivity index (χ3v) is 12.3. The summed E-state index contributed by atoms with van der Waals surface area (Å²) in [6.07, 6.45) is 22.2. The summed E-state index contributed by atoms with van der Waals surface area (Å²) in [5.41, 5.74) is 11.3. The largest absolute Gasteiger partial charge is 0.493 e.